The van der Waals surface area contributed by atoms with Gasteiger partial charge in [-0.2, -0.15) is 0 Å². The third-order valence-electron chi connectivity index (χ3n) is 8.35. The summed E-state index contributed by atoms with van der Waals surface area (Å²) in [5.74, 6) is -0.558. The van der Waals surface area contributed by atoms with Gasteiger partial charge in [-0.3, -0.25) is 4.79 Å². The molecule has 3 aliphatic rings. The number of anilines is 1. The second kappa shape index (κ2) is 10.8. The van der Waals surface area contributed by atoms with Gasteiger partial charge >= 0.3 is 11.9 Å². The molecule has 0 unspecified atom stereocenters. The average molecular weight is 631 g/mol. The van der Waals surface area contributed by atoms with Crippen molar-refractivity contribution in [1.29, 1.82) is 0 Å². The lowest BCUT2D eigenvalue weighted by molar-refractivity contribution is -0.149. The van der Waals surface area contributed by atoms with Crippen LogP contribution >= 0.6 is 34.5 Å². The van der Waals surface area contributed by atoms with Gasteiger partial charge in [-0.15, -0.1) is 0 Å². The van der Waals surface area contributed by atoms with Crippen molar-refractivity contribution in [3.05, 3.63) is 63.1 Å². The molecule has 0 spiro atoms. The number of esters is 2. The number of hydrogen-bond donors (Lipinski definition) is 0. The molecule has 1 aliphatic carbocycles. The Morgan fingerprint density at radius 2 is 1.83 bits per heavy atom. The Hall–Kier alpha value is -3.21. The number of methoxy groups -OCH3 is 1. The molecule has 4 heterocycles. The summed E-state index contributed by atoms with van der Waals surface area (Å²) in [4.78, 5) is 32.1. The summed E-state index contributed by atoms with van der Waals surface area (Å²) >= 11 is 14.3. The highest BCUT2D eigenvalue weighted by Crippen LogP contribution is 2.47. The molecular weight excluding hydrogens is 604 g/mol. The number of hydrogen-bond acceptors (Lipinski definition) is 9. The molecule has 3 atom stereocenters. The van der Waals surface area contributed by atoms with E-state index in [0.717, 1.165) is 31.7 Å². The number of piperidine rings is 1. The van der Waals surface area contributed by atoms with E-state index in [1.54, 1.807) is 24.3 Å². The molecule has 2 bridgehead atoms. The van der Waals surface area contributed by atoms with Crippen LogP contribution in [0.2, 0.25) is 10.0 Å². The number of carbonyl (C=O) groups excluding carboxylic acids is 2. The number of fused-ring (bicyclic) bond motifs is 3. The molecule has 8 nitrogen and oxygen atoms in total. The molecule has 12 heteroatoms. The van der Waals surface area contributed by atoms with Crippen molar-refractivity contribution < 1.29 is 28.0 Å². The molecular formula is C30H26Cl2FN3O5S. The first-order chi connectivity index (χ1) is 20.3. The normalized spacial score (nSPS) is 21.6. The Bertz CT molecular complexity index is 1690. The van der Waals surface area contributed by atoms with Crippen LogP contribution in [0.5, 0.6) is 0 Å². The van der Waals surface area contributed by atoms with Gasteiger partial charge < -0.3 is 18.9 Å². The maximum absolute atomic E-state index is 14.8. The van der Waals surface area contributed by atoms with E-state index in [-0.39, 0.29) is 47.6 Å². The first-order valence-corrected chi connectivity index (χ1v) is 15.5. The number of nitrogens with zero attached hydrogens (tertiary/aromatic N) is 3. The molecule has 2 aliphatic heterocycles. The number of halogens is 3. The van der Waals surface area contributed by atoms with Crippen molar-refractivity contribution in [1.82, 2.24) is 10.1 Å². The fourth-order valence-corrected chi connectivity index (χ4v) is 8.05. The van der Waals surface area contributed by atoms with Gasteiger partial charge in [-0.25, -0.2) is 14.2 Å². The maximum Gasteiger partial charge on any atom is 0.338 e. The predicted molar refractivity (Wildman–Crippen MR) is 157 cm³/mol. The molecule has 4 aromatic rings. The highest BCUT2D eigenvalue weighted by Gasteiger charge is 2.44. The molecule has 0 radical (unpaired) electrons. The van der Waals surface area contributed by atoms with Gasteiger partial charge in [0, 0.05) is 42.0 Å². The number of benzene rings is 2. The SMILES string of the molecule is COC(=O)c1cc(F)c2nc(N3[C@@H]4CC[C@H]3C[C@@H](OC(=O)Cc3c(-c5c(Cl)cccc5Cl)noc3C3CC3)C4)sc2c1. The minimum Gasteiger partial charge on any atom is -0.465 e. The average Bonchev–Trinajstić information content (AvgIpc) is 3.49. The Balaban J connectivity index is 1.08. The fraction of sp³-hybridized carbons (Fsp3) is 0.400. The van der Waals surface area contributed by atoms with Crippen molar-refractivity contribution in [2.45, 2.75) is 69.1 Å². The number of rotatable bonds is 7. The molecule has 1 saturated carbocycles. The van der Waals surface area contributed by atoms with Gasteiger partial charge in [-0.05, 0) is 49.9 Å². The van der Waals surface area contributed by atoms with Crippen molar-refractivity contribution in [2.75, 3.05) is 12.0 Å². The molecule has 3 fully saturated rings. The Labute approximate surface area is 254 Å². The van der Waals surface area contributed by atoms with Crippen molar-refractivity contribution in [2.24, 2.45) is 0 Å². The summed E-state index contributed by atoms with van der Waals surface area (Å²) in [5, 5.41) is 5.86. The van der Waals surface area contributed by atoms with Crippen LogP contribution in [0.15, 0.2) is 34.9 Å². The molecule has 0 amide bonds. The second-order valence-corrected chi connectivity index (χ2v) is 12.9. The fourth-order valence-electron chi connectivity index (χ4n) is 6.31. The number of thiazole rings is 1. The van der Waals surface area contributed by atoms with Crippen LogP contribution in [-0.4, -0.2) is 47.4 Å². The Morgan fingerprint density at radius 3 is 2.50 bits per heavy atom. The molecule has 2 aromatic carbocycles. The topological polar surface area (TPSA) is 94.8 Å². The minimum absolute atomic E-state index is 0.0153. The summed E-state index contributed by atoms with van der Waals surface area (Å²) < 4.78 is 31.9. The van der Waals surface area contributed by atoms with Crippen LogP contribution in [0.3, 0.4) is 0 Å². The first-order valence-electron chi connectivity index (χ1n) is 13.9. The van der Waals surface area contributed by atoms with E-state index in [4.69, 9.17) is 37.2 Å². The zero-order chi connectivity index (χ0) is 29.1. The van der Waals surface area contributed by atoms with Crippen LogP contribution in [0.1, 0.15) is 66.1 Å². The lowest BCUT2D eigenvalue weighted by atomic mass is 9.99. The van der Waals surface area contributed by atoms with Gasteiger partial charge in [0.2, 0.25) is 0 Å². The van der Waals surface area contributed by atoms with E-state index in [0.29, 0.717) is 55.3 Å². The highest BCUT2D eigenvalue weighted by molar-refractivity contribution is 7.22. The molecule has 42 heavy (non-hydrogen) atoms. The molecule has 0 N–H and O–H groups in total. The number of ether oxygens (including phenoxy) is 2. The van der Waals surface area contributed by atoms with E-state index in [1.807, 2.05) is 0 Å². The third kappa shape index (κ3) is 4.93. The summed E-state index contributed by atoms with van der Waals surface area (Å²) in [5.41, 5.74) is 2.12. The van der Waals surface area contributed by atoms with Crippen LogP contribution in [0.25, 0.3) is 21.5 Å². The second-order valence-electron chi connectivity index (χ2n) is 11.1. The van der Waals surface area contributed by atoms with Gasteiger partial charge in [-0.1, -0.05) is 45.8 Å². The third-order valence-corrected chi connectivity index (χ3v) is 10.0. The van der Waals surface area contributed by atoms with Crippen molar-refractivity contribution in [3.63, 3.8) is 0 Å². The van der Waals surface area contributed by atoms with E-state index < -0.39 is 11.8 Å². The van der Waals surface area contributed by atoms with E-state index in [1.165, 1.54) is 18.4 Å². The van der Waals surface area contributed by atoms with E-state index in [9.17, 15) is 14.0 Å². The number of aromatic nitrogens is 2. The van der Waals surface area contributed by atoms with Crippen molar-refractivity contribution >= 4 is 61.8 Å². The van der Waals surface area contributed by atoms with Crippen LogP contribution in [0.4, 0.5) is 9.52 Å². The lowest BCUT2D eigenvalue weighted by Gasteiger charge is -2.38. The predicted octanol–water partition coefficient (Wildman–Crippen LogP) is 7.35. The molecule has 2 saturated heterocycles. The van der Waals surface area contributed by atoms with Gasteiger partial charge in [0.15, 0.2) is 10.9 Å². The zero-order valence-corrected chi connectivity index (χ0v) is 24.9. The summed E-state index contributed by atoms with van der Waals surface area (Å²) in [6, 6.07) is 8.23. The van der Waals surface area contributed by atoms with Crippen LogP contribution < -0.4 is 4.90 Å². The van der Waals surface area contributed by atoms with Crippen molar-refractivity contribution in [3.8, 4) is 11.3 Å². The van der Waals surface area contributed by atoms with Gasteiger partial charge in [0.05, 0.1) is 33.8 Å². The Kier molecular flexibility index (Phi) is 7.11. The largest absolute Gasteiger partial charge is 0.465 e. The van der Waals surface area contributed by atoms with Crippen LogP contribution in [-0.2, 0) is 20.7 Å². The summed E-state index contributed by atoms with van der Waals surface area (Å²) in [6.07, 6.45) is 4.88. The first kappa shape index (κ1) is 27.6. The quantitative estimate of drug-likeness (QED) is 0.196. The van der Waals surface area contributed by atoms with Gasteiger partial charge in [0.1, 0.15) is 23.1 Å². The highest BCUT2D eigenvalue weighted by atomic mass is 35.5. The smallest absolute Gasteiger partial charge is 0.338 e. The standard InChI is InChI=1S/C30H26Cl2FN3O5S/c1-39-29(38)15-9-22(33)27-23(10-15)42-30(34-27)36-16-7-8-17(36)12-18(11-16)40-24(37)13-19-26(35-41-28(19)14-5-6-14)25-20(31)3-2-4-21(25)32/h2-4,9-10,14,16-18H,5-8,11-13H2,1H3/t16-,17+,18+. The summed E-state index contributed by atoms with van der Waals surface area (Å²) in [6.45, 7) is 0. The molecule has 218 valence electrons. The summed E-state index contributed by atoms with van der Waals surface area (Å²) in [7, 11) is 1.27. The number of carbonyl (C=O) groups is 2. The monoisotopic (exact) mass is 629 g/mol. The van der Waals surface area contributed by atoms with Gasteiger partial charge in [0.25, 0.3) is 0 Å². The van der Waals surface area contributed by atoms with E-state index in [2.05, 4.69) is 15.0 Å². The Morgan fingerprint density at radius 1 is 1.12 bits per heavy atom. The van der Waals surface area contributed by atoms with E-state index >= 15 is 0 Å². The van der Waals surface area contributed by atoms with Crippen LogP contribution in [0, 0.1) is 5.82 Å². The lowest BCUT2D eigenvalue weighted by Crippen LogP contribution is -2.46. The zero-order valence-electron chi connectivity index (χ0n) is 22.6. The molecule has 7 rings (SSSR count). The maximum atomic E-state index is 14.8. The molecule has 2 aromatic heterocycles. The minimum atomic E-state index is -0.592.